The summed E-state index contributed by atoms with van der Waals surface area (Å²) in [7, 11) is -3.57. The number of anilines is 3. The molecule has 27 heteroatoms. The van der Waals surface area contributed by atoms with Crippen LogP contribution in [-0.4, -0.2) is 102 Å². The van der Waals surface area contributed by atoms with Crippen LogP contribution in [0.15, 0.2) is 99.3 Å². The van der Waals surface area contributed by atoms with Crippen LogP contribution in [0, 0.1) is 0 Å². The van der Waals surface area contributed by atoms with Crippen molar-refractivity contribution in [1.82, 2.24) is 49.1 Å². The lowest BCUT2D eigenvalue weighted by Crippen LogP contribution is -2.19. The molecule has 0 bridgehead atoms. The Morgan fingerprint density at radius 1 is 0.656 bits per heavy atom. The first-order valence-corrected chi connectivity index (χ1v) is 20.3. The molecule has 0 fully saturated rings. The maximum absolute atomic E-state index is 12.2. The Bertz CT molecular complexity index is 2860. The van der Waals surface area contributed by atoms with Gasteiger partial charge in [0.2, 0.25) is 39.3 Å². The van der Waals surface area contributed by atoms with Crippen molar-refractivity contribution in [2.45, 2.75) is 30.4 Å². The topological polar surface area (TPSA) is 281 Å². The van der Waals surface area contributed by atoms with Gasteiger partial charge in [0, 0.05) is 12.8 Å². The first-order valence-electron chi connectivity index (χ1n) is 18.4. The van der Waals surface area contributed by atoms with Gasteiger partial charge in [0.1, 0.15) is 11.5 Å². The molecule has 0 radical (unpaired) electrons. The molecule has 7 N–H and O–H groups in total. The first-order chi connectivity index (χ1) is 30.3. The van der Waals surface area contributed by atoms with Crippen molar-refractivity contribution < 1.29 is 53.1 Å². The standard InChI is InChI=1S/C18H16F3N7O2.C10H12F3NO.C9H8N6O3S/c19-18(20,21)10-30-12-5-3-11(4-6-12)7-8-23-16-25-15(22)28-17(26-16)24-14(27-28)13-2-1-9-29-13;11-10(12,13)7-15-9-3-1-8(2-4-9)5-6-14;1-19(16,17)9-12-7(10)15-8(13-9)11-6(14-15)5-3-2-4-18-5/h1-6,9H,7-8,10H2,(H3,22,23,24,25,26,27);1-4H,5-7,14H2;2-4H,1H3,(H2,10,11,12,13,14). The summed E-state index contributed by atoms with van der Waals surface area (Å²) in [6.07, 6.45) is -3.40. The molecule has 338 valence electrons. The highest BCUT2D eigenvalue weighted by Gasteiger charge is 2.29. The molecule has 0 aliphatic rings. The van der Waals surface area contributed by atoms with Gasteiger partial charge < -0.3 is 40.8 Å². The normalized spacial score (nSPS) is 11.8. The second kappa shape index (κ2) is 19.7. The SMILES string of the molecule is CS(=O)(=O)c1nc(N)n2nc(-c3ccco3)nc2n1.NCCc1ccc(OCC(F)(F)F)cc1.Nc1nc(NCCc2ccc(OCC(F)(F)F)cc2)nc2nc(-c3ccco3)nn12. The zero-order valence-corrected chi connectivity index (χ0v) is 34.0. The molecule has 8 rings (SSSR count). The number of aromatic nitrogens is 10. The van der Waals surface area contributed by atoms with Crippen LogP contribution in [0.3, 0.4) is 0 Å². The van der Waals surface area contributed by atoms with Crippen molar-refractivity contribution in [2.75, 3.05) is 49.3 Å². The zero-order valence-electron chi connectivity index (χ0n) is 33.2. The molecular formula is C37H36F6N14O6S. The summed E-state index contributed by atoms with van der Waals surface area (Å²) in [6, 6.07) is 19.6. The van der Waals surface area contributed by atoms with E-state index in [2.05, 4.69) is 54.9 Å². The van der Waals surface area contributed by atoms with Crippen LogP contribution in [0.4, 0.5) is 44.2 Å². The van der Waals surface area contributed by atoms with Gasteiger partial charge in [-0.2, -0.15) is 65.3 Å². The molecule has 6 aromatic heterocycles. The Hall–Kier alpha value is -7.55. The number of nitrogens with one attached hydrogen (secondary N) is 1. The highest BCUT2D eigenvalue weighted by atomic mass is 32.2. The van der Waals surface area contributed by atoms with Gasteiger partial charge in [-0.3, -0.25) is 0 Å². The molecule has 0 atom stereocenters. The van der Waals surface area contributed by atoms with Gasteiger partial charge in [0.05, 0.1) is 12.5 Å². The predicted molar refractivity (Wildman–Crippen MR) is 215 cm³/mol. The van der Waals surface area contributed by atoms with E-state index in [4.69, 9.17) is 26.0 Å². The third-order valence-electron chi connectivity index (χ3n) is 8.04. The number of alkyl halides is 6. The zero-order chi connectivity index (χ0) is 46.1. The molecule has 0 amide bonds. The molecule has 0 saturated carbocycles. The summed E-state index contributed by atoms with van der Waals surface area (Å²) < 4.78 is 117. The maximum atomic E-state index is 12.2. The van der Waals surface area contributed by atoms with Crippen molar-refractivity contribution in [3.8, 4) is 34.7 Å². The summed E-state index contributed by atoms with van der Waals surface area (Å²) >= 11 is 0. The van der Waals surface area contributed by atoms with Gasteiger partial charge in [-0.05, 0) is 79.0 Å². The smallest absolute Gasteiger partial charge is 0.422 e. The highest BCUT2D eigenvalue weighted by Crippen LogP contribution is 2.22. The summed E-state index contributed by atoms with van der Waals surface area (Å²) in [6.45, 7) is -1.59. The van der Waals surface area contributed by atoms with E-state index in [0.29, 0.717) is 43.3 Å². The molecule has 0 saturated heterocycles. The number of rotatable bonds is 13. The number of halogens is 6. The molecule has 0 aliphatic carbocycles. The van der Waals surface area contributed by atoms with Crippen LogP contribution in [0.1, 0.15) is 11.1 Å². The molecule has 20 nitrogen and oxygen atoms in total. The number of benzene rings is 2. The summed E-state index contributed by atoms with van der Waals surface area (Å²) in [5, 5.41) is 10.9. The van der Waals surface area contributed by atoms with Crippen LogP contribution in [0.2, 0.25) is 0 Å². The number of fused-ring (bicyclic) bond motifs is 2. The third-order valence-corrected chi connectivity index (χ3v) is 8.89. The van der Waals surface area contributed by atoms with Crippen molar-refractivity contribution in [1.29, 1.82) is 0 Å². The van der Waals surface area contributed by atoms with Gasteiger partial charge in [-0.15, -0.1) is 10.2 Å². The number of hydrogen-bond donors (Lipinski definition) is 4. The average molecular weight is 919 g/mol. The Kier molecular flexibility index (Phi) is 14.1. The Balaban J connectivity index is 0.000000172. The number of nitrogen functional groups attached to an aromatic ring is 2. The molecule has 2 aromatic carbocycles. The molecule has 64 heavy (non-hydrogen) atoms. The van der Waals surface area contributed by atoms with Gasteiger partial charge >= 0.3 is 12.4 Å². The van der Waals surface area contributed by atoms with Crippen LogP contribution in [0.5, 0.6) is 11.5 Å². The largest absolute Gasteiger partial charge is 0.484 e. The lowest BCUT2D eigenvalue weighted by molar-refractivity contribution is -0.154. The minimum atomic E-state index is -4.37. The number of ether oxygens (including phenoxy) is 2. The first kappa shape index (κ1) is 46.0. The van der Waals surface area contributed by atoms with E-state index in [1.54, 1.807) is 48.5 Å². The lowest BCUT2D eigenvalue weighted by Gasteiger charge is -2.10. The van der Waals surface area contributed by atoms with Crippen molar-refractivity contribution >= 4 is 39.2 Å². The Morgan fingerprint density at radius 2 is 1.12 bits per heavy atom. The van der Waals surface area contributed by atoms with E-state index < -0.39 is 40.6 Å². The minimum absolute atomic E-state index is 0.0410. The van der Waals surface area contributed by atoms with E-state index in [1.165, 1.54) is 41.3 Å². The predicted octanol–water partition coefficient (Wildman–Crippen LogP) is 4.85. The van der Waals surface area contributed by atoms with Gasteiger partial charge in [-0.1, -0.05) is 24.3 Å². The van der Waals surface area contributed by atoms with Crippen LogP contribution >= 0.6 is 0 Å². The minimum Gasteiger partial charge on any atom is -0.484 e. The fourth-order valence-corrected chi connectivity index (χ4v) is 5.68. The van der Waals surface area contributed by atoms with E-state index in [0.717, 1.165) is 21.9 Å². The molecule has 0 spiro atoms. The number of sulfone groups is 1. The average Bonchev–Trinajstić information content (AvgIpc) is 4.08. The molecule has 0 unspecified atom stereocenters. The molecular weight excluding hydrogens is 883 g/mol. The highest BCUT2D eigenvalue weighted by molar-refractivity contribution is 7.90. The maximum Gasteiger partial charge on any atom is 0.422 e. The second-order valence-electron chi connectivity index (χ2n) is 13.1. The molecule has 0 aliphatic heterocycles. The third kappa shape index (κ3) is 13.0. The van der Waals surface area contributed by atoms with Crippen molar-refractivity contribution in [3.63, 3.8) is 0 Å². The number of furan rings is 2. The van der Waals surface area contributed by atoms with Crippen LogP contribution in [0.25, 0.3) is 34.7 Å². The second-order valence-corrected chi connectivity index (χ2v) is 15.0. The van der Waals surface area contributed by atoms with Crippen molar-refractivity contribution in [3.05, 3.63) is 96.4 Å². The summed E-state index contributed by atoms with van der Waals surface area (Å²) in [4.78, 5) is 24.2. The summed E-state index contributed by atoms with van der Waals surface area (Å²) in [5.41, 5.74) is 18.8. The van der Waals surface area contributed by atoms with E-state index in [9.17, 15) is 34.8 Å². The van der Waals surface area contributed by atoms with Gasteiger partial charge in [0.15, 0.2) is 24.7 Å². The summed E-state index contributed by atoms with van der Waals surface area (Å²) in [5.74, 6) is 2.45. The van der Waals surface area contributed by atoms with Crippen LogP contribution < -0.4 is 32.0 Å². The van der Waals surface area contributed by atoms with Crippen LogP contribution in [-0.2, 0) is 22.7 Å². The molecule has 8 aromatic rings. The van der Waals surface area contributed by atoms with E-state index in [-0.39, 0.29) is 46.7 Å². The monoisotopic (exact) mass is 918 g/mol. The lowest BCUT2D eigenvalue weighted by atomic mass is 10.1. The Morgan fingerprint density at radius 3 is 1.56 bits per heavy atom. The fourth-order valence-electron chi connectivity index (χ4n) is 5.18. The number of hydrogen-bond acceptors (Lipinski definition) is 18. The van der Waals surface area contributed by atoms with Gasteiger partial charge in [0.25, 0.3) is 16.7 Å². The quantitative estimate of drug-likeness (QED) is 0.112. The fraction of sp³-hybridized carbons (Fsp3) is 0.243. The van der Waals surface area contributed by atoms with Crippen molar-refractivity contribution in [2.24, 2.45) is 5.73 Å². The van der Waals surface area contributed by atoms with E-state index in [1.807, 2.05) is 0 Å². The van der Waals surface area contributed by atoms with E-state index >= 15 is 0 Å². The molecule has 6 heterocycles. The number of nitrogens with zero attached hydrogens (tertiary/aromatic N) is 10. The van der Waals surface area contributed by atoms with Gasteiger partial charge in [-0.25, -0.2) is 8.42 Å². The number of nitrogens with two attached hydrogens (primary N) is 3. The Labute approximate surface area is 357 Å².